The van der Waals surface area contributed by atoms with E-state index in [-0.39, 0.29) is 17.6 Å². The topological polar surface area (TPSA) is 54.5 Å². The van der Waals surface area contributed by atoms with E-state index >= 15 is 0 Å². The van der Waals surface area contributed by atoms with E-state index in [2.05, 4.69) is 15.2 Å². The van der Waals surface area contributed by atoms with Gasteiger partial charge in [-0.2, -0.15) is 0 Å². The molecule has 178 valence electrons. The Balaban J connectivity index is 1.28. The van der Waals surface area contributed by atoms with Crippen molar-refractivity contribution in [3.8, 4) is 11.5 Å². The van der Waals surface area contributed by atoms with Crippen LogP contribution in [0.5, 0.6) is 11.5 Å². The molecule has 2 heterocycles. The highest BCUT2D eigenvalue weighted by Crippen LogP contribution is 2.29. The largest absolute Gasteiger partial charge is 0.457 e. The van der Waals surface area contributed by atoms with Gasteiger partial charge < -0.3 is 10.1 Å². The van der Waals surface area contributed by atoms with Crippen molar-refractivity contribution in [3.05, 3.63) is 83.6 Å². The van der Waals surface area contributed by atoms with Crippen LogP contribution in [-0.4, -0.2) is 28.9 Å². The second-order valence-corrected chi connectivity index (χ2v) is 8.96. The third-order valence-electron chi connectivity index (χ3n) is 6.01. The van der Waals surface area contributed by atoms with E-state index in [0.717, 1.165) is 55.9 Å². The summed E-state index contributed by atoms with van der Waals surface area (Å²) in [5.74, 6) is -0.115. The Morgan fingerprint density at radius 1 is 1.03 bits per heavy atom. The fourth-order valence-electron chi connectivity index (χ4n) is 4.00. The molecule has 1 amide bonds. The molecular weight excluding hydrogens is 436 g/mol. The van der Waals surface area contributed by atoms with Gasteiger partial charge in [0.25, 0.3) is 0 Å². The molecule has 0 bridgehead atoms. The summed E-state index contributed by atoms with van der Waals surface area (Å²) in [6, 6.07) is 17.0. The molecular formula is C27H29F2N3O2. The Morgan fingerprint density at radius 3 is 2.41 bits per heavy atom. The minimum absolute atomic E-state index is 0.0271. The van der Waals surface area contributed by atoms with Crippen LogP contribution in [0, 0.1) is 17.6 Å². The van der Waals surface area contributed by atoms with Crippen molar-refractivity contribution in [2.24, 2.45) is 5.92 Å². The summed E-state index contributed by atoms with van der Waals surface area (Å²) in [6.07, 6.45) is 2.01. The third-order valence-corrected chi connectivity index (χ3v) is 6.01. The zero-order valence-corrected chi connectivity index (χ0v) is 19.4. The van der Waals surface area contributed by atoms with Crippen LogP contribution in [0.1, 0.15) is 43.9 Å². The van der Waals surface area contributed by atoms with Crippen LogP contribution < -0.4 is 10.1 Å². The highest BCUT2D eigenvalue weighted by molar-refractivity contribution is 5.91. The average Bonchev–Trinajstić information content (AvgIpc) is 2.83. The van der Waals surface area contributed by atoms with Gasteiger partial charge in [-0.25, -0.2) is 13.8 Å². The summed E-state index contributed by atoms with van der Waals surface area (Å²) in [5.41, 5.74) is 2.19. The highest BCUT2D eigenvalue weighted by Gasteiger charge is 2.22. The van der Waals surface area contributed by atoms with Crippen molar-refractivity contribution in [3.63, 3.8) is 0 Å². The first kappa shape index (κ1) is 23.8. The predicted molar refractivity (Wildman–Crippen MR) is 128 cm³/mol. The van der Waals surface area contributed by atoms with Crippen LogP contribution in [-0.2, 0) is 11.3 Å². The van der Waals surface area contributed by atoms with Crippen molar-refractivity contribution < 1.29 is 18.3 Å². The first-order valence-electron chi connectivity index (χ1n) is 11.6. The summed E-state index contributed by atoms with van der Waals surface area (Å²) < 4.78 is 32.0. The minimum atomic E-state index is -0.931. The molecule has 5 nitrogen and oxygen atoms in total. The number of amides is 1. The number of benzene rings is 2. The van der Waals surface area contributed by atoms with Gasteiger partial charge in [0, 0.05) is 30.1 Å². The van der Waals surface area contributed by atoms with Crippen LogP contribution in [0.2, 0.25) is 0 Å². The smallest absolute Gasteiger partial charge is 0.228 e. The van der Waals surface area contributed by atoms with Gasteiger partial charge in [-0.1, -0.05) is 32.0 Å². The van der Waals surface area contributed by atoms with Crippen molar-refractivity contribution in [1.82, 2.24) is 9.88 Å². The van der Waals surface area contributed by atoms with Gasteiger partial charge in [0.2, 0.25) is 5.91 Å². The number of halogens is 2. The van der Waals surface area contributed by atoms with Crippen LogP contribution in [0.4, 0.5) is 14.6 Å². The maximum Gasteiger partial charge on any atom is 0.228 e. The Bertz CT molecular complexity index is 1130. The van der Waals surface area contributed by atoms with Crippen LogP contribution >= 0.6 is 0 Å². The molecule has 0 aliphatic carbocycles. The number of ether oxygens (including phenoxy) is 1. The molecule has 1 aliphatic heterocycles. The molecule has 0 atom stereocenters. The van der Waals surface area contributed by atoms with Crippen molar-refractivity contribution >= 4 is 11.7 Å². The second-order valence-electron chi connectivity index (χ2n) is 8.96. The summed E-state index contributed by atoms with van der Waals surface area (Å²) >= 11 is 0. The summed E-state index contributed by atoms with van der Waals surface area (Å²) in [4.78, 5) is 19.0. The molecule has 1 aliphatic rings. The van der Waals surface area contributed by atoms with Gasteiger partial charge in [-0.05, 0) is 67.9 Å². The molecule has 2 aromatic carbocycles. The first-order chi connectivity index (χ1) is 16.4. The normalized spacial score (nSPS) is 14.9. The second kappa shape index (κ2) is 10.7. The molecule has 34 heavy (non-hydrogen) atoms. The predicted octanol–water partition coefficient (Wildman–Crippen LogP) is 6.13. The van der Waals surface area contributed by atoms with E-state index in [1.165, 1.54) is 6.07 Å². The van der Waals surface area contributed by atoms with Crippen molar-refractivity contribution in [2.75, 3.05) is 18.4 Å². The number of carbonyl (C=O) groups excluding carboxylic acids is 1. The fraction of sp³-hybridized carbons (Fsp3) is 0.333. The number of carbonyl (C=O) groups is 1. The lowest BCUT2D eigenvalue weighted by Gasteiger charge is -2.31. The van der Waals surface area contributed by atoms with Crippen LogP contribution in [0.3, 0.4) is 0 Å². The lowest BCUT2D eigenvalue weighted by atomic mass is 9.93. The number of pyridine rings is 1. The lowest BCUT2D eigenvalue weighted by Crippen LogP contribution is -2.32. The molecule has 4 rings (SSSR count). The molecule has 1 fully saturated rings. The quantitative estimate of drug-likeness (QED) is 0.456. The fourth-order valence-corrected chi connectivity index (χ4v) is 4.00. The molecule has 1 N–H and O–H groups in total. The van der Waals surface area contributed by atoms with E-state index < -0.39 is 11.6 Å². The van der Waals surface area contributed by atoms with E-state index in [1.54, 1.807) is 0 Å². The maximum atomic E-state index is 13.4. The van der Waals surface area contributed by atoms with Gasteiger partial charge >= 0.3 is 0 Å². The first-order valence-corrected chi connectivity index (χ1v) is 11.6. The number of nitrogens with one attached hydrogen (secondary N) is 1. The van der Waals surface area contributed by atoms with Gasteiger partial charge in [0.05, 0.1) is 0 Å². The van der Waals surface area contributed by atoms with Gasteiger partial charge in [0.15, 0.2) is 11.6 Å². The molecule has 7 heteroatoms. The Kier molecular flexibility index (Phi) is 7.53. The maximum absolute atomic E-state index is 13.4. The monoisotopic (exact) mass is 465 g/mol. The van der Waals surface area contributed by atoms with Gasteiger partial charge in [0.1, 0.15) is 17.3 Å². The van der Waals surface area contributed by atoms with Gasteiger partial charge in [-0.3, -0.25) is 9.69 Å². The Hall–Kier alpha value is -3.32. The number of hydrogen-bond donors (Lipinski definition) is 1. The number of piperidine rings is 1. The summed E-state index contributed by atoms with van der Waals surface area (Å²) in [6.45, 7) is 6.48. The zero-order chi connectivity index (χ0) is 24.1. The van der Waals surface area contributed by atoms with Crippen LogP contribution in [0.15, 0.2) is 60.7 Å². The molecule has 0 saturated carbocycles. The van der Waals surface area contributed by atoms with Gasteiger partial charge in [-0.15, -0.1) is 0 Å². The molecule has 0 unspecified atom stereocenters. The van der Waals surface area contributed by atoms with Crippen LogP contribution in [0.25, 0.3) is 0 Å². The standard InChI is InChI=1S/C27H29F2N3O2/c1-18(2)27(33)31-26-5-3-4-25(30-26)20-12-14-32(15-13-20)17-19-6-8-21(9-7-19)34-22-10-11-23(28)24(29)16-22/h3-11,16,18,20H,12-15,17H2,1-2H3,(H,30,31,33). The summed E-state index contributed by atoms with van der Waals surface area (Å²) in [7, 11) is 0. The minimum Gasteiger partial charge on any atom is -0.457 e. The molecule has 3 aromatic rings. The number of aromatic nitrogens is 1. The molecule has 1 saturated heterocycles. The molecule has 1 aromatic heterocycles. The average molecular weight is 466 g/mol. The Labute approximate surface area is 198 Å². The van der Waals surface area contributed by atoms with E-state index in [9.17, 15) is 13.6 Å². The lowest BCUT2D eigenvalue weighted by molar-refractivity contribution is -0.118. The number of hydrogen-bond acceptors (Lipinski definition) is 4. The number of rotatable bonds is 7. The zero-order valence-electron chi connectivity index (χ0n) is 19.4. The van der Waals surface area contributed by atoms with E-state index in [1.807, 2.05) is 56.3 Å². The number of anilines is 1. The molecule has 0 spiro atoms. The van der Waals surface area contributed by atoms with Crippen molar-refractivity contribution in [2.45, 2.75) is 39.2 Å². The number of nitrogens with zero attached hydrogens (tertiary/aromatic N) is 2. The van der Waals surface area contributed by atoms with E-state index in [0.29, 0.717) is 17.5 Å². The third kappa shape index (κ3) is 6.17. The summed E-state index contributed by atoms with van der Waals surface area (Å²) in [5, 5.41) is 2.88. The highest BCUT2D eigenvalue weighted by atomic mass is 19.2. The SMILES string of the molecule is CC(C)C(=O)Nc1cccc(C2CCN(Cc3ccc(Oc4ccc(F)c(F)c4)cc3)CC2)n1. The Morgan fingerprint density at radius 2 is 1.74 bits per heavy atom. The van der Waals surface area contributed by atoms with Crippen molar-refractivity contribution in [1.29, 1.82) is 0 Å². The molecule has 0 radical (unpaired) electrons. The number of likely N-dealkylation sites (tertiary alicyclic amines) is 1. The van der Waals surface area contributed by atoms with E-state index in [4.69, 9.17) is 4.74 Å².